The first-order chi connectivity index (χ1) is 11.8. The number of aromatic nitrogens is 4. The maximum Gasteiger partial charge on any atom is 0.191 e. The molecule has 0 fully saturated rings. The van der Waals surface area contributed by atoms with Crippen LogP contribution in [-0.4, -0.2) is 39.3 Å². The summed E-state index contributed by atoms with van der Waals surface area (Å²) in [5.41, 5.74) is 0. The highest BCUT2D eigenvalue weighted by Crippen LogP contribution is 2.14. The van der Waals surface area contributed by atoms with Crippen LogP contribution in [0.4, 0.5) is 0 Å². The van der Waals surface area contributed by atoms with Crippen LogP contribution in [0.5, 0.6) is 0 Å². The Balaban J connectivity index is 0.00000225. The SMILES string of the molecule is CCc1cnc(CCNC(=NC)NCc2nnc3n2CCCC3)s1.I. The number of halogens is 1. The minimum Gasteiger partial charge on any atom is -0.356 e. The lowest BCUT2D eigenvalue weighted by molar-refractivity contribution is 0.504. The first-order valence-corrected chi connectivity index (χ1v) is 9.41. The molecule has 1 aliphatic heterocycles. The van der Waals surface area contributed by atoms with Crippen LogP contribution in [0.15, 0.2) is 11.2 Å². The van der Waals surface area contributed by atoms with Crippen LogP contribution in [0, 0.1) is 0 Å². The van der Waals surface area contributed by atoms with Gasteiger partial charge in [0.15, 0.2) is 11.8 Å². The van der Waals surface area contributed by atoms with Crippen molar-refractivity contribution in [2.75, 3.05) is 13.6 Å². The number of rotatable bonds is 6. The standard InChI is InChI=1S/C16H25N7S.HI/c1-3-12-10-19-15(24-12)7-8-18-16(17-2)20-11-14-22-21-13-6-4-5-9-23(13)14;/h10H,3-9,11H2,1-2H3,(H2,17,18,20);1H. The first-order valence-electron chi connectivity index (χ1n) is 8.59. The number of aryl methyl sites for hydroxylation is 2. The molecule has 0 aromatic carbocycles. The summed E-state index contributed by atoms with van der Waals surface area (Å²) in [4.78, 5) is 10.1. The number of hydrogen-bond donors (Lipinski definition) is 2. The third-order valence-electron chi connectivity index (χ3n) is 4.15. The average molecular weight is 475 g/mol. The second kappa shape index (κ2) is 10.0. The van der Waals surface area contributed by atoms with Crippen LogP contribution in [-0.2, 0) is 32.4 Å². The Kier molecular flexibility index (Phi) is 8.07. The Labute approximate surface area is 169 Å². The highest BCUT2D eigenvalue weighted by atomic mass is 127. The van der Waals surface area contributed by atoms with Gasteiger partial charge in [0.1, 0.15) is 5.82 Å². The van der Waals surface area contributed by atoms with E-state index in [4.69, 9.17) is 0 Å². The highest BCUT2D eigenvalue weighted by Gasteiger charge is 2.15. The molecule has 2 N–H and O–H groups in total. The topological polar surface area (TPSA) is 80.0 Å². The third-order valence-corrected chi connectivity index (χ3v) is 5.36. The zero-order valence-electron chi connectivity index (χ0n) is 14.8. The van der Waals surface area contributed by atoms with Crippen LogP contribution < -0.4 is 10.6 Å². The normalized spacial score (nSPS) is 13.9. The maximum atomic E-state index is 4.44. The molecular weight excluding hydrogens is 449 g/mol. The molecule has 3 rings (SSSR count). The van der Waals surface area contributed by atoms with Crippen molar-refractivity contribution in [3.05, 3.63) is 27.7 Å². The van der Waals surface area contributed by atoms with E-state index in [9.17, 15) is 0 Å². The second-order valence-corrected chi connectivity index (χ2v) is 7.02. The van der Waals surface area contributed by atoms with Gasteiger partial charge in [-0.3, -0.25) is 4.99 Å². The number of guanidine groups is 1. The minimum atomic E-state index is 0. The van der Waals surface area contributed by atoms with Gasteiger partial charge >= 0.3 is 0 Å². The quantitative estimate of drug-likeness (QED) is 0.380. The van der Waals surface area contributed by atoms with Gasteiger partial charge in [-0.05, 0) is 19.3 Å². The Hall–Kier alpha value is -1.23. The number of thiazole rings is 1. The van der Waals surface area contributed by atoms with Gasteiger partial charge in [0.2, 0.25) is 0 Å². The highest BCUT2D eigenvalue weighted by molar-refractivity contribution is 14.0. The van der Waals surface area contributed by atoms with Crippen LogP contribution in [0.2, 0.25) is 0 Å². The lowest BCUT2D eigenvalue weighted by Gasteiger charge is -2.16. The number of nitrogens with zero attached hydrogens (tertiary/aromatic N) is 5. The number of fused-ring (bicyclic) bond motifs is 1. The summed E-state index contributed by atoms with van der Waals surface area (Å²) in [6.45, 7) is 4.64. The molecule has 0 amide bonds. The third kappa shape index (κ3) is 5.37. The molecule has 0 atom stereocenters. The summed E-state index contributed by atoms with van der Waals surface area (Å²) in [6.07, 6.45) is 7.39. The van der Waals surface area contributed by atoms with Crippen LogP contribution in [0.25, 0.3) is 0 Å². The van der Waals surface area contributed by atoms with Gasteiger partial charge in [-0.25, -0.2) is 4.98 Å². The van der Waals surface area contributed by atoms with Crippen molar-refractivity contribution in [1.29, 1.82) is 0 Å². The van der Waals surface area contributed by atoms with Gasteiger partial charge in [0.05, 0.1) is 11.6 Å². The van der Waals surface area contributed by atoms with Gasteiger partial charge in [0, 0.05) is 44.1 Å². The zero-order valence-corrected chi connectivity index (χ0v) is 17.9. The predicted molar refractivity (Wildman–Crippen MR) is 112 cm³/mol. The van der Waals surface area contributed by atoms with E-state index in [1.807, 2.05) is 6.20 Å². The Morgan fingerprint density at radius 2 is 2.20 bits per heavy atom. The fraction of sp³-hybridized carbons (Fsp3) is 0.625. The van der Waals surface area contributed by atoms with Crippen molar-refractivity contribution >= 4 is 41.3 Å². The molecule has 0 unspecified atom stereocenters. The minimum absolute atomic E-state index is 0. The monoisotopic (exact) mass is 475 g/mol. The van der Waals surface area contributed by atoms with Gasteiger partial charge in [-0.15, -0.1) is 45.5 Å². The molecular formula is C16H26IN7S. The van der Waals surface area contributed by atoms with Crippen LogP contribution in [0.3, 0.4) is 0 Å². The lowest BCUT2D eigenvalue weighted by atomic mass is 10.2. The fourth-order valence-electron chi connectivity index (χ4n) is 2.80. The van der Waals surface area contributed by atoms with Crippen molar-refractivity contribution in [2.45, 2.75) is 52.1 Å². The molecule has 138 valence electrons. The Morgan fingerprint density at radius 3 is 2.96 bits per heavy atom. The number of aliphatic imine (C=N–C) groups is 1. The van der Waals surface area contributed by atoms with E-state index in [1.165, 1.54) is 22.7 Å². The molecule has 0 spiro atoms. The Morgan fingerprint density at radius 1 is 1.32 bits per heavy atom. The second-order valence-electron chi connectivity index (χ2n) is 5.82. The zero-order chi connectivity index (χ0) is 16.8. The molecule has 0 bridgehead atoms. The molecule has 25 heavy (non-hydrogen) atoms. The van der Waals surface area contributed by atoms with Crippen molar-refractivity contribution in [3.8, 4) is 0 Å². The molecule has 7 nitrogen and oxygen atoms in total. The molecule has 0 radical (unpaired) electrons. The van der Waals surface area contributed by atoms with E-state index < -0.39 is 0 Å². The lowest BCUT2D eigenvalue weighted by Crippen LogP contribution is -2.38. The van der Waals surface area contributed by atoms with Gasteiger partial charge in [-0.1, -0.05) is 6.92 Å². The largest absolute Gasteiger partial charge is 0.356 e. The van der Waals surface area contributed by atoms with E-state index in [-0.39, 0.29) is 24.0 Å². The molecule has 1 aliphatic rings. The Bertz CT molecular complexity index is 694. The number of nitrogens with one attached hydrogen (secondary N) is 2. The van der Waals surface area contributed by atoms with Crippen molar-refractivity contribution in [3.63, 3.8) is 0 Å². The van der Waals surface area contributed by atoms with Crippen molar-refractivity contribution < 1.29 is 0 Å². The molecule has 0 aliphatic carbocycles. The van der Waals surface area contributed by atoms with E-state index in [0.29, 0.717) is 6.54 Å². The van der Waals surface area contributed by atoms with E-state index >= 15 is 0 Å². The van der Waals surface area contributed by atoms with E-state index in [1.54, 1.807) is 18.4 Å². The molecule has 0 saturated carbocycles. The number of hydrogen-bond acceptors (Lipinski definition) is 5. The van der Waals surface area contributed by atoms with Crippen LogP contribution >= 0.6 is 35.3 Å². The summed E-state index contributed by atoms with van der Waals surface area (Å²) in [7, 11) is 1.78. The van der Waals surface area contributed by atoms with Gasteiger partial charge < -0.3 is 15.2 Å². The van der Waals surface area contributed by atoms with E-state index in [0.717, 1.165) is 50.0 Å². The summed E-state index contributed by atoms with van der Waals surface area (Å²) in [5.74, 6) is 2.88. The fourth-order valence-corrected chi connectivity index (χ4v) is 3.66. The predicted octanol–water partition coefficient (Wildman–Crippen LogP) is 2.16. The molecule has 2 aromatic rings. The molecule has 0 saturated heterocycles. The first kappa shape index (κ1) is 20.1. The van der Waals surface area contributed by atoms with E-state index in [2.05, 4.69) is 42.3 Å². The van der Waals surface area contributed by atoms with Gasteiger partial charge in [0.25, 0.3) is 0 Å². The van der Waals surface area contributed by atoms with Crippen molar-refractivity contribution in [2.24, 2.45) is 4.99 Å². The summed E-state index contributed by atoms with van der Waals surface area (Å²) >= 11 is 1.79. The van der Waals surface area contributed by atoms with Gasteiger partial charge in [-0.2, -0.15) is 0 Å². The van der Waals surface area contributed by atoms with Crippen LogP contribution in [0.1, 0.15) is 41.3 Å². The average Bonchev–Trinajstić information content (AvgIpc) is 3.24. The summed E-state index contributed by atoms with van der Waals surface area (Å²) < 4.78 is 2.23. The molecule has 3 heterocycles. The van der Waals surface area contributed by atoms with Crippen molar-refractivity contribution in [1.82, 2.24) is 30.4 Å². The summed E-state index contributed by atoms with van der Waals surface area (Å²) in [6, 6.07) is 0. The summed E-state index contributed by atoms with van der Waals surface area (Å²) in [5, 5.41) is 16.4. The maximum absolute atomic E-state index is 4.44. The smallest absolute Gasteiger partial charge is 0.191 e. The molecule has 9 heteroatoms. The molecule has 2 aromatic heterocycles.